The molecule has 1 amide bonds. The minimum atomic E-state index is -0.295. The average molecular weight is 479 g/mol. The first kappa shape index (κ1) is 21.4. The molecule has 1 unspecified atom stereocenters. The molecule has 2 aromatic heterocycles. The maximum atomic E-state index is 13.2. The molecule has 4 aromatic rings. The Morgan fingerprint density at radius 1 is 1.15 bits per heavy atom. The van der Waals surface area contributed by atoms with Crippen LogP contribution < -0.4 is 0 Å². The van der Waals surface area contributed by atoms with Crippen LogP contribution in [-0.4, -0.2) is 42.6 Å². The van der Waals surface area contributed by atoms with Gasteiger partial charge < -0.3 is 4.42 Å². The van der Waals surface area contributed by atoms with Gasteiger partial charge in [-0.15, -0.1) is 5.10 Å². The van der Waals surface area contributed by atoms with Gasteiger partial charge in [-0.2, -0.15) is 9.78 Å². The fraction of sp³-hybridized carbons (Fsp3) is 0.174. The second-order valence-electron chi connectivity index (χ2n) is 7.52. The van der Waals surface area contributed by atoms with Crippen LogP contribution in [0.25, 0.3) is 5.69 Å². The summed E-state index contributed by atoms with van der Waals surface area (Å²) in [6.45, 7) is 2.04. The van der Waals surface area contributed by atoms with E-state index in [4.69, 9.17) is 16.0 Å². The number of hydrazone groups is 1. The topological polar surface area (TPSA) is 89.4 Å². The number of carbonyl (C=O) groups excluding carboxylic acids is 1. The summed E-state index contributed by atoms with van der Waals surface area (Å²) in [4.78, 5) is 13.2. The van der Waals surface area contributed by atoms with E-state index >= 15 is 0 Å². The molecular formula is C23H19ClN6O2S. The highest BCUT2D eigenvalue weighted by Gasteiger charge is 2.35. The molecule has 3 heterocycles. The minimum absolute atomic E-state index is 0.121. The van der Waals surface area contributed by atoms with Gasteiger partial charge in [0.25, 0.3) is 5.91 Å². The van der Waals surface area contributed by atoms with E-state index in [0.717, 1.165) is 17.0 Å². The molecule has 0 bridgehead atoms. The molecule has 1 aliphatic heterocycles. The number of hydrogen-bond acceptors (Lipinski definition) is 7. The highest BCUT2D eigenvalue weighted by molar-refractivity contribution is 7.99. The molecule has 8 nitrogen and oxygen atoms in total. The molecule has 0 saturated heterocycles. The van der Waals surface area contributed by atoms with E-state index in [2.05, 4.69) is 20.6 Å². The minimum Gasteiger partial charge on any atom is -0.467 e. The van der Waals surface area contributed by atoms with Crippen LogP contribution >= 0.6 is 23.4 Å². The largest absolute Gasteiger partial charge is 0.467 e. The second kappa shape index (κ2) is 9.21. The van der Waals surface area contributed by atoms with Crippen molar-refractivity contribution in [2.45, 2.75) is 24.5 Å². The van der Waals surface area contributed by atoms with Crippen LogP contribution in [0.1, 0.15) is 29.3 Å². The van der Waals surface area contributed by atoms with E-state index in [9.17, 15) is 4.79 Å². The summed E-state index contributed by atoms with van der Waals surface area (Å²) < 4.78 is 7.19. The smallest absolute Gasteiger partial charge is 0.253 e. The molecule has 33 heavy (non-hydrogen) atoms. The molecule has 0 saturated carbocycles. The van der Waals surface area contributed by atoms with Gasteiger partial charge in [0.1, 0.15) is 11.8 Å². The first-order valence-electron chi connectivity index (χ1n) is 10.3. The van der Waals surface area contributed by atoms with Gasteiger partial charge in [-0.05, 0) is 59.3 Å². The van der Waals surface area contributed by atoms with Gasteiger partial charge in [0.2, 0.25) is 5.16 Å². The zero-order valence-electron chi connectivity index (χ0n) is 17.6. The summed E-state index contributed by atoms with van der Waals surface area (Å²) in [6, 6.07) is 18.7. The monoisotopic (exact) mass is 478 g/mol. The maximum absolute atomic E-state index is 13.2. The standard InChI is InChI=1S/C23H19ClN6O2S/c1-15-4-6-16(7-5-15)19-13-20(21-3-2-12-32-21)30(26-19)22(31)14-33-23-25-27-28-29(23)18-10-8-17(24)9-11-18/h2-12,20H,13-14H2,1H3. The number of halogens is 1. The molecule has 0 fully saturated rings. The Morgan fingerprint density at radius 3 is 2.67 bits per heavy atom. The Labute approximate surface area is 199 Å². The Kier molecular flexibility index (Phi) is 5.97. The molecule has 0 N–H and O–H groups in total. The van der Waals surface area contributed by atoms with Gasteiger partial charge >= 0.3 is 0 Å². The fourth-order valence-electron chi connectivity index (χ4n) is 3.57. The lowest BCUT2D eigenvalue weighted by atomic mass is 10.0. The van der Waals surface area contributed by atoms with Gasteiger partial charge in [-0.3, -0.25) is 4.79 Å². The highest BCUT2D eigenvalue weighted by Crippen LogP contribution is 2.34. The predicted octanol–water partition coefficient (Wildman–Crippen LogP) is 4.69. The van der Waals surface area contributed by atoms with E-state index in [1.807, 2.05) is 55.5 Å². The molecule has 2 aromatic carbocycles. The van der Waals surface area contributed by atoms with Gasteiger partial charge in [0.05, 0.1) is 23.4 Å². The van der Waals surface area contributed by atoms with E-state index in [1.54, 1.807) is 23.1 Å². The average Bonchev–Trinajstić information content (AvgIpc) is 3.59. The molecular weight excluding hydrogens is 460 g/mol. The van der Waals surface area contributed by atoms with Crippen LogP contribution in [0.3, 0.4) is 0 Å². The van der Waals surface area contributed by atoms with Gasteiger partial charge in [0, 0.05) is 11.4 Å². The third-order valence-corrected chi connectivity index (χ3v) is 6.42. The number of aryl methyl sites for hydroxylation is 1. The number of aromatic nitrogens is 4. The first-order valence-corrected chi connectivity index (χ1v) is 11.6. The van der Waals surface area contributed by atoms with Gasteiger partial charge in [-0.25, -0.2) is 5.01 Å². The fourth-order valence-corrected chi connectivity index (χ4v) is 4.44. The number of amides is 1. The van der Waals surface area contributed by atoms with E-state index in [0.29, 0.717) is 22.4 Å². The summed E-state index contributed by atoms with van der Waals surface area (Å²) in [5.74, 6) is 0.662. The van der Waals surface area contributed by atoms with Crippen LogP contribution in [0.5, 0.6) is 0 Å². The number of hydrogen-bond donors (Lipinski definition) is 0. The van der Waals surface area contributed by atoms with Crippen LogP contribution in [0, 0.1) is 6.92 Å². The molecule has 0 radical (unpaired) electrons. The van der Waals surface area contributed by atoms with Crippen LogP contribution in [-0.2, 0) is 4.79 Å². The summed E-state index contributed by atoms with van der Waals surface area (Å²) in [7, 11) is 0. The summed E-state index contributed by atoms with van der Waals surface area (Å²) in [5.41, 5.74) is 3.77. The van der Waals surface area contributed by atoms with Crippen molar-refractivity contribution < 1.29 is 9.21 Å². The van der Waals surface area contributed by atoms with Crippen molar-refractivity contribution in [2.24, 2.45) is 5.10 Å². The zero-order chi connectivity index (χ0) is 22.8. The third kappa shape index (κ3) is 4.55. The number of furan rings is 1. The van der Waals surface area contributed by atoms with Crippen molar-refractivity contribution in [3.63, 3.8) is 0 Å². The number of benzene rings is 2. The number of nitrogens with zero attached hydrogens (tertiary/aromatic N) is 6. The van der Waals surface area contributed by atoms with Crippen molar-refractivity contribution >= 4 is 35.0 Å². The van der Waals surface area contributed by atoms with E-state index in [-0.39, 0.29) is 17.7 Å². The molecule has 10 heteroatoms. The molecule has 5 rings (SSSR count). The normalized spacial score (nSPS) is 15.6. The summed E-state index contributed by atoms with van der Waals surface area (Å²) in [5, 5.41) is 19.1. The van der Waals surface area contributed by atoms with Crippen molar-refractivity contribution in [1.29, 1.82) is 0 Å². The third-order valence-electron chi connectivity index (χ3n) is 5.26. The van der Waals surface area contributed by atoms with Crippen LogP contribution in [0.4, 0.5) is 0 Å². The molecule has 0 aliphatic carbocycles. The Morgan fingerprint density at radius 2 is 1.94 bits per heavy atom. The second-order valence-corrected chi connectivity index (χ2v) is 8.90. The summed E-state index contributed by atoms with van der Waals surface area (Å²) >= 11 is 7.22. The molecule has 0 spiro atoms. The zero-order valence-corrected chi connectivity index (χ0v) is 19.2. The maximum Gasteiger partial charge on any atom is 0.253 e. The van der Waals surface area contributed by atoms with Crippen molar-refractivity contribution in [2.75, 3.05) is 5.75 Å². The number of rotatable bonds is 6. The predicted molar refractivity (Wildman–Crippen MR) is 126 cm³/mol. The van der Waals surface area contributed by atoms with Crippen molar-refractivity contribution in [3.05, 3.63) is 88.8 Å². The van der Waals surface area contributed by atoms with E-state index < -0.39 is 0 Å². The lowest BCUT2D eigenvalue weighted by Gasteiger charge is -2.19. The Hall–Kier alpha value is -3.43. The van der Waals surface area contributed by atoms with Crippen molar-refractivity contribution in [3.8, 4) is 5.69 Å². The molecule has 1 aliphatic rings. The van der Waals surface area contributed by atoms with Crippen molar-refractivity contribution in [1.82, 2.24) is 25.2 Å². The van der Waals surface area contributed by atoms with Crippen LogP contribution in [0.2, 0.25) is 5.02 Å². The number of carbonyl (C=O) groups is 1. The number of thioether (sulfide) groups is 1. The number of tetrazole rings is 1. The Balaban J connectivity index is 1.36. The Bertz CT molecular complexity index is 1290. The highest BCUT2D eigenvalue weighted by atomic mass is 35.5. The molecule has 166 valence electrons. The summed E-state index contributed by atoms with van der Waals surface area (Å²) in [6.07, 6.45) is 2.19. The lowest BCUT2D eigenvalue weighted by Crippen LogP contribution is -2.28. The van der Waals surface area contributed by atoms with E-state index in [1.165, 1.54) is 22.3 Å². The van der Waals surface area contributed by atoms with Gasteiger partial charge in [0.15, 0.2) is 0 Å². The lowest BCUT2D eigenvalue weighted by molar-refractivity contribution is -0.130. The first-order chi connectivity index (χ1) is 16.1. The van der Waals surface area contributed by atoms with Crippen LogP contribution in [0.15, 0.2) is 81.6 Å². The van der Waals surface area contributed by atoms with Gasteiger partial charge in [-0.1, -0.05) is 53.2 Å². The quantitative estimate of drug-likeness (QED) is 0.373. The SMILES string of the molecule is Cc1ccc(C2=NN(C(=O)CSc3nnnn3-c3ccc(Cl)cc3)C(c3ccco3)C2)cc1. The molecule has 1 atom stereocenters.